The number of furan rings is 1. The summed E-state index contributed by atoms with van der Waals surface area (Å²) >= 11 is 0. The van der Waals surface area contributed by atoms with Gasteiger partial charge in [0, 0.05) is 48.3 Å². The first-order valence-corrected chi connectivity index (χ1v) is 12.8. The predicted octanol–water partition coefficient (Wildman–Crippen LogP) is 7.56. The van der Waals surface area contributed by atoms with Crippen molar-refractivity contribution in [1.82, 2.24) is 4.90 Å². The van der Waals surface area contributed by atoms with Gasteiger partial charge < -0.3 is 14.6 Å². The summed E-state index contributed by atoms with van der Waals surface area (Å²) in [6, 6.07) is 13.7. The molecule has 1 aromatic heterocycles. The highest BCUT2D eigenvalue weighted by molar-refractivity contribution is 5.94. The second kappa shape index (κ2) is 10.7. The maximum atomic E-state index is 13.1. The molecule has 0 aliphatic carbocycles. The van der Waals surface area contributed by atoms with Crippen LogP contribution in [0.5, 0.6) is 0 Å². The largest absolute Gasteiger partial charge is 0.461 e. The molecule has 1 aliphatic rings. The molecule has 0 radical (unpaired) electrons. The van der Waals surface area contributed by atoms with E-state index >= 15 is 0 Å². The van der Waals surface area contributed by atoms with Crippen molar-refractivity contribution in [3.05, 3.63) is 77.0 Å². The van der Waals surface area contributed by atoms with Crippen LogP contribution in [-0.4, -0.2) is 23.3 Å². The van der Waals surface area contributed by atoms with E-state index in [1.807, 2.05) is 30.3 Å². The Labute approximate surface area is 221 Å². The van der Waals surface area contributed by atoms with Crippen LogP contribution in [0.1, 0.15) is 67.8 Å². The smallest absolute Gasteiger partial charge is 0.416 e. The molecule has 3 aromatic rings. The maximum Gasteiger partial charge on any atom is 0.416 e. The SMILES string of the molecule is CC(CC(=O)Nc1ccc(-c2cc3c(o2)CCN(C(=O)c2cccc(C(F)(F)F)c2)C3)cc1)CC(C)(C)C. The monoisotopic (exact) mass is 526 g/mol. The van der Waals surface area contributed by atoms with Crippen molar-refractivity contribution in [3.8, 4) is 11.3 Å². The maximum absolute atomic E-state index is 13.1. The van der Waals surface area contributed by atoms with Crippen molar-refractivity contribution < 1.29 is 27.2 Å². The van der Waals surface area contributed by atoms with E-state index in [4.69, 9.17) is 4.42 Å². The third-order valence-corrected chi connectivity index (χ3v) is 6.54. The quantitative estimate of drug-likeness (QED) is 0.360. The topological polar surface area (TPSA) is 62.6 Å². The number of rotatable bonds is 6. The second-order valence-electron chi connectivity index (χ2n) is 11.3. The zero-order chi connectivity index (χ0) is 27.7. The molecule has 4 rings (SSSR count). The number of carbonyl (C=O) groups is 2. The lowest BCUT2D eigenvalue weighted by atomic mass is 9.84. The summed E-state index contributed by atoms with van der Waals surface area (Å²) in [5, 5.41) is 2.95. The van der Waals surface area contributed by atoms with Crippen molar-refractivity contribution in [2.75, 3.05) is 11.9 Å². The standard InChI is InChI=1S/C30H33F3N2O3/c1-19(17-29(2,3)4)14-27(36)34-24-10-8-20(9-11-24)26-16-22-18-35(13-12-25(22)38-26)28(37)21-6-5-7-23(15-21)30(31,32)33/h5-11,15-16,19H,12-14,17-18H2,1-4H3,(H,34,36). The fraction of sp³-hybridized carbons (Fsp3) is 0.400. The van der Waals surface area contributed by atoms with Gasteiger partial charge in [-0.2, -0.15) is 13.2 Å². The molecule has 2 amide bonds. The van der Waals surface area contributed by atoms with Crippen molar-refractivity contribution in [2.45, 2.75) is 59.7 Å². The molecule has 0 fully saturated rings. The lowest BCUT2D eigenvalue weighted by Crippen LogP contribution is -2.35. The number of halogens is 3. The number of alkyl halides is 3. The molecule has 5 nitrogen and oxygen atoms in total. The van der Waals surface area contributed by atoms with Crippen molar-refractivity contribution in [3.63, 3.8) is 0 Å². The van der Waals surface area contributed by atoms with Crippen LogP contribution >= 0.6 is 0 Å². The van der Waals surface area contributed by atoms with Gasteiger partial charge >= 0.3 is 6.18 Å². The molecule has 1 atom stereocenters. The summed E-state index contributed by atoms with van der Waals surface area (Å²) in [5.74, 6) is 1.22. The molecule has 1 aliphatic heterocycles. The first-order valence-electron chi connectivity index (χ1n) is 12.8. The summed E-state index contributed by atoms with van der Waals surface area (Å²) in [6.45, 7) is 9.19. The van der Waals surface area contributed by atoms with Crippen molar-refractivity contribution in [2.24, 2.45) is 11.3 Å². The van der Waals surface area contributed by atoms with Gasteiger partial charge in [0.05, 0.1) is 5.56 Å². The third-order valence-electron chi connectivity index (χ3n) is 6.54. The third kappa shape index (κ3) is 6.85. The molecule has 1 unspecified atom stereocenters. The lowest BCUT2D eigenvalue weighted by Gasteiger charge is -2.26. The highest BCUT2D eigenvalue weighted by Crippen LogP contribution is 2.33. The van der Waals surface area contributed by atoms with Gasteiger partial charge in [0.1, 0.15) is 11.5 Å². The zero-order valence-electron chi connectivity index (χ0n) is 22.1. The highest BCUT2D eigenvalue weighted by atomic mass is 19.4. The van der Waals surface area contributed by atoms with Gasteiger partial charge in [0.15, 0.2) is 0 Å². The van der Waals surface area contributed by atoms with E-state index in [-0.39, 0.29) is 29.3 Å². The van der Waals surface area contributed by atoms with Crippen LogP contribution in [0, 0.1) is 11.3 Å². The Morgan fingerprint density at radius 1 is 1.05 bits per heavy atom. The van der Waals surface area contributed by atoms with Gasteiger partial charge in [-0.1, -0.05) is 33.8 Å². The summed E-state index contributed by atoms with van der Waals surface area (Å²) in [7, 11) is 0. The normalized spacial score (nSPS) is 14.7. The van der Waals surface area contributed by atoms with E-state index in [0.29, 0.717) is 30.8 Å². The molecule has 0 saturated heterocycles. The molecule has 202 valence electrons. The molecule has 38 heavy (non-hydrogen) atoms. The van der Waals surface area contributed by atoms with E-state index in [1.54, 1.807) is 0 Å². The Morgan fingerprint density at radius 3 is 2.42 bits per heavy atom. The van der Waals surface area contributed by atoms with Gasteiger partial charge in [0.2, 0.25) is 5.91 Å². The van der Waals surface area contributed by atoms with Gasteiger partial charge in [0.25, 0.3) is 5.91 Å². The van der Waals surface area contributed by atoms with E-state index in [1.165, 1.54) is 17.0 Å². The fourth-order valence-corrected chi connectivity index (χ4v) is 5.02. The minimum atomic E-state index is -4.51. The Kier molecular flexibility index (Phi) is 7.72. The number of amides is 2. The summed E-state index contributed by atoms with van der Waals surface area (Å²) < 4.78 is 45.2. The molecule has 8 heteroatoms. The Balaban J connectivity index is 1.39. The van der Waals surface area contributed by atoms with E-state index in [0.717, 1.165) is 35.4 Å². The number of hydrogen-bond donors (Lipinski definition) is 1. The van der Waals surface area contributed by atoms with Crippen LogP contribution in [-0.2, 0) is 23.9 Å². The molecule has 2 aromatic carbocycles. The molecule has 0 saturated carbocycles. The molecular weight excluding hydrogens is 493 g/mol. The molecule has 0 spiro atoms. The minimum absolute atomic E-state index is 0.0115. The Hall–Kier alpha value is -3.55. The fourth-order valence-electron chi connectivity index (χ4n) is 5.02. The number of anilines is 1. The number of carbonyl (C=O) groups excluding carboxylic acids is 2. The number of benzene rings is 2. The molecule has 0 bridgehead atoms. The van der Waals surface area contributed by atoms with Crippen LogP contribution in [0.2, 0.25) is 0 Å². The number of hydrogen-bond acceptors (Lipinski definition) is 3. The summed E-state index contributed by atoms with van der Waals surface area (Å²) in [6.07, 6.45) is -2.61. The summed E-state index contributed by atoms with van der Waals surface area (Å²) in [5.41, 5.74) is 1.71. The van der Waals surface area contributed by atoms with E-state index in [9.17, 15) is 22.8 Å². The number of nitrogens with one attached hydrogen (secondary N) is 1. The van der Waals surface area contributed by atoms with Crippen LogP contribution < -0.4 is 5.32 Å². The average Bonchev–Trinajstić information content (AvgIpc) is 3.25. The Morgan fingerprint density at radius 2 is 1.76 bits per heavy atom. The van der Waals surface area contributed by atoms with Crippen LogP contribution in [0.25, 0.3) is 11.3 Å². The first-order chi connectivity index (χ1) is 17.8. The van der Waals surface area contributed by atoms with Crippen LogP contribution in [0.4, 0.5) is 18.9 Å². The first kappa shape index (κ1) is 27.5. The van der Waals surface area contributed by atoms with Crippen LogP contribution in [0.15, 0.2) is 59.0 Å². The molecule has 1 N–H and O–H groups in total. The second-order valence-corrected chi connectivity index (χ2v) is 11.3. The summed E-state index contributed by atoms with van der Waals surface area (Å²) in [4.78, 5) is 26.9. The number of nitrogens with zero attached hydrogens (tertiary/aromatic N) is 1. The lowest BCUT2D eigenvalue weighted by molar-refractivity contribution is -0.137. The van der Waals surface area contributed by atoms with Gasteiger partial charge in [-0.05, 0) is 66.3 Å². The number of fused-ring (bicyclic) bond motifs is 1. The van der Waals surface area contributed by atoms with E-state index < -0.39 is 17.6 Å². The minimum Gasteiger partial charge on any atom is -0.461 e. The van der Waals surface area contributed by atoms with Crippen molar-refractivity contribution >= 4 is 17.5 Å². The van der Waals surface area contributed by atoms with Gasteiger partial charge in [-0.3, -0.25) is 9.59 Å². The molecule has 2 heterocycles. The van der Waals surface area contributed by atoms with Crippen molar-refractivity contribution in [1.29, 1.82) is 0 Å². The average molecular weight is 527 g/mol. The van der Waals surface area contributed by atoms with Gasteiger partial charge in [-0.25, -0.2) is 0 Å². The van der Waals surface area contributed by atoms with E-state index in [2.05, 4.69) is 33.0 Å². The zero-order valence-corrected chi connectivity index (χ0v) is 22.1. The highest BCUT2D eigenvalue weighted by Gasteiger charge is 2.32. The predicted molar refractivity (Wildman–Crippen MR) is 141 cm³/mol. The molecular formula is C30H33F3N2O3. The van der Waals surface area contributed by atoms with Crippen LogP contribution in [0.3, 0.4) is 0 Å². The van der Waals surface area contributed by atoms with Gasteiger partial charge in [-0.15, -0.1) is 0 Å². The Bertz CT molecular complexity index is 1300.